The molecule has 5 nitrogen and oxygen atoms in total. The number of likely N-dealkylation sites (N-methyl/N-ethyl adjacent to an activating group) is 1. The van der Waals surface area contributed by atoms with Gasteiger partial charge in [0.05, 0.1) is 0 Å². The first kappa shape index (κ1) is 12.9. The van der Waals surface area contributed by atoms with Crippen molar-refractivity contribution < 1.29 is 0 Å². The monoisotopic (exact) mass is 247 g/mol. The second-order valence-electron chi connectivity index (χ2n) is 4.66. The van der Waals surface area contributed by atoms with Crippen molar-refractivity contribution in [1.82, 2.24) is 21.1 Å². The van der Waals surface area contributed by atoms with Crippen LogP contribution in [0.15, 0.2) is 35.3 Å². The Morgan fingerprint density at radius 2 is 2.06 bits per heavy atom. The molecule has 1 heterocycles. The molecule has 0 amide bonds. The fraction of sp³-hybridized carbons (Fsp3) is 0.462. The highest BCUT2D eigenvalue weighted by atomic mass is 15.6. The van der Waals surface area contributed by atoms with E-state index in [1.807, 2.05) is 27.1 Å². The van der Waals surface area contributed by atoms with Gasteiger partial charge in [-0.05, 0) is 26.0 Å². The average Bonchev–Trinajstić information content (AvgIpc) is 2.81. The summed E-state index contributed by atoms with van der Waals surface area (Å²) < 4.78 is 0. The van der Waals surface area contributed by atoms with Crippen LogP contribution < -0.4 is 16.2 Å². The fourth-order valence-electron chi connectivity index (χ4n) is 1.79. The molecule has 0 aromatic heterocycles. The summed E-state index contributed by atoms with van der Waals surface area (Å²) >= 11 is 0. The molecule has 1 unspecified atom stereocenters. The number of nitrogens with zero attached hydrogens (tertiary/aromatic N) is 2. The molecule has 1 aliphatic heterocycles. The van der Waals surface area contributed by atoms with Crippen LogP contribution in [-0.4, -0.2) is 37.3 Å². The van der Waals surface area contributed by atoms with Crippen molar-refractivity contribution in [2.45, 2.75) is 19.1 Å². The van der Waals surface area contributed by atoms with Crippen molar-refractivity contribution in [2.24, 2.45) is 4.99 Å². The van der Waals surface area contributed by atoms with E-state index in [0.29, 0.717) is 0 Å². The summed E-state index contributed by atoms with van der Waals surface area (Å²) in [7, 11) is 3.92. The van der Waals surface area contributed by atoms with Gasteiger partial charge in [0.1, 0.15) is 0 Å². The van der Waals surface area contributed by atoms with E-state index in [4.69, 9.17) is 0 Å². The molecule has 0 saturated carbocycles. The predicted molar refractivity (Wildman–Crippen MR) is 73.9 cm³/mol. The molecule has 0 aliphatic carbocycles. The number of aliphatic imine (C=N–C) groups is 1. The molecule has 5 heteroatoms. The molecule has 0 radical (unpaired) electrons. The Bertz CT molecular complexity index is 417. The SMILES string of the molecule is CNC1(C)N=C(N(C)CCc2ccccc2)NN1. The zero-order chi connectivity index (χ0) is 13.0. The van der Waals surface area contributed by atoms with E-state index in [-0.39, 0.29) is 0 Å². The zero-order valence-corrected chi connectivity index (χ0v) is 11.2. The maximum Gasteiger partial charge on any atom is 0.211 e. The van der Waals surface area contributed by atoms with Gasteiger partial charge < -0.3 is 4.90 Å². The number of guanidine groups is 1. The summed E-state index contributed by atoms with van der Waals surface area (Å²) in [4.78, 5) is 6.67. The summed E-state index contributed by atoms with van der Waals surface area (Å²) in [5, 5.41) is 3.11. The maximum absolute atomic E-state index is 4.56. The molecular weight excluding hydrogens is 226 g/mol. The number of nitrogens with one attached hydrogen (secondary N) is 3. The second-order valence-corrected chi connectivity index (χ2v) is 4.66. The maximum atomic E-state index is 4.56. The normalized spacial score (nSPS) is 22.5. The van der Waals surface area contributed by atoms with E-state index >= 15 is 0 Å². The number of hydrazine groups is 1. The largest absolute Gasteiger partial charge is 0.345 e. The van der Waals surface area contributed by atoms with Crippen molar-refractivity contribution in [3.05, 3.63) is 35.9 Å². The highest BCUT2D eigenvalue weighted by Crippen LogP contribution is 2.07. The van der Waals surface area contributed by atoms with E-state index in [9.17, 15) is 0 Å². The highest BCUT2D eigenvalue weighted by molar-refractivity contribution is 5.81. The Balaban J connectivity index is 1.90. The molecule has 3 N–H and O–H groups in total. The first-order valence-corrected chi connectivity index (χ1v) is 6.20. The number of benzene rings is 1. The lowest BCUT2D eigenvalue weighted by Gasteiger charge is -2.18. The summed E-state index contributed by atoms with van der Waals surface area (Å²) in [5.74, 6) is 0.443. The number of hydrogen-bond donors (Lipinski definition) is 3. The van der Waals surface area contributed by atoms with Crippen LogP contribution in [0.4, 0.5) is 0 Å². The average molecular weight is 247 g/mol. The highest BCUT2D eigenvalue weighted by Gasteiger charge is 2.28. The fourth-order valence-corrected chi connectivity index (χ4v) is 1.79. The molecule has 98 valence electrons. The van der Waals surface area contributed by atoms with Crippen LogP contribution in [0.1, 0.15) is 12.5 Å². The Morgan fingerprint density at radius 1 is 1.33 bits per heavy atom. The van der Waals surface area contributed by atoms with E-state index in [1.165, 1.54) is 5.56 Å². The van der Waals surface area contributed by atoms with E-state index in [1.54, 1.807) is 0 Å². The molecule has 1 atom stereocenters. The van der Waals surface area contributed by atoms with Gasteiger partial charge in [0.15, 0.2) is 5.79 Å². The molecular formula is C13H21N5. The van der Waals surface area contributed by atoms with Gasteiger partial charge in [0, 0.05) is 13.6 Å². The van der Waals surface area contributed by atoms with Gasteiger partial charge in [-0.1, -0.05) is 30.3 Å². The second kappa shape index (κ2) is 5.37. The van der Waals surface area contributed by atoms with Crippen LogP contribution in [-0.2, 0) is 6.42 Å². The van der Waals surface area contributed by atoms with Crippen LogP contribution in [0, 0.1) is 0 Å². The summed E-state index contributed by atoms with van der Waals surface area (Å²) in [6.45, 7) is 2.91. The van der Waals surface area contributed by atoms with Gasteiger partial charge in [-0.15, -0.1) is 0 Å². The first-order valence-electron chi connectivity index (χ1n) is 6.20. The van der Waals surface area contributed by atoms with Crippen LogP contribution in [0.2, 0.25) is 0 Å². The molecule has 0 bridgehead atoms. The van der Waals surface area contributed by atoms with Crippen LogP contribution in [0.5, 0.6) is 0 Å². The van der Waals surface area contributed by atoms with Gasteiger partial charge in [0.2, 0.25) is 5.96 Å². The molecule has 0 spiro atoms. The first-order chi connectivity index (χ1) is 8.63. The van der Waals surface area contributed by atoms with E-state index in [0.717, 1.165) is 18.9 Å². The van der Waals surface area contributed by atoms with Crippen molar-refractivity contribution in [3.63, 3.8) is 0 Å². The minimum atomic E-state index is -0.420. The van der Waals surface area contributed by atoms with Crippen molar-refractivity contribution in [1.29, 1.82) is 0 Å². The predicted octanol–water partition coefficient (Wildman–Crippen LogP) is 0.518. The lowest BCUT2D eigenvalue weighted by atomic mass is 10.1. The quantitative estimate of drug-likeness (QED) is 0.726. The minimum absolute atomic E-state index is 0.420. The zero-order valence-electron chi connectivity index (χ0n) is 11.2. The topological polar surface area (TPSA) is 51.7 Å². The Labute approximate surface area is 108 Å². The lowest BCUT2D eigenvalue weighted by molar-refractivity contribution is 0.329. The third kappa shape index (κ3) is 3.00. The van der Waals surface area contributed by atoms with Crippen molar-refractivity contribution in [3.8, 4) is 0 Å². The Morgan fingerprint density at radius 3 is 2.67 bits per heavy atom. The van der Waals surface area contributed by atoms with Crippen molar-refractivity contribution in [2.75, 3.05) is 20.6 Å². The third-order valence-corrected chi connectivity index (χ3v) is 3.17. The van der Waals surface area contributed by atoms with Gasteiger partial charge in [-0.25, -0.2) is 4.99 Å². The lowest BCUT2D eigenvalue weighted by Crippen LogP contribution is -2.52. The summed E-state index contributed by atoms with van der Waals surface area (Å²) in [5.41, 5.74) is 7.54. The van der Waals surface area contributed by atoms with Crippen LogP contribution in [0.3, 0.4) is 0 Å². The van der Waals surface area contributed by atoms with E-state index < -0.39 is 5.79 Å². The van der Waals surface area contributed by atoms with Gasteiger partial charge >= 0.3 is 0 Å². The molecule has 1 aromatic carbocycles. The van der Waals surface area contributed by atoms with Crippen LogP contribution >= 0.6 is 0 Å². The molecule has 0 fully saturated rings. The smallest absolute Gasteiger partial charge is 0.211 e. The third-order valence-electron chi connectivity index (χ3n) is 3.17. The standard InChI is InChI=1S/C13H21N5/c1-13(14-2)15-12(16-17-13)18(3)10-9-11-7-5-4-6-8-11/h4-8,14,17H,9-10H2,1-3H3,(H,15,16). The number of rotatable bonds is 4. The molecule has 1 aromatic rings. The molecule has 2 rings (SSSR count). The Hall–Kier alpha value is -1.59. The molecule has 18 heavy (non-hydrogen) atoms. The summed E-state index contributed by atoms with van der Waals surface area (Å²) in [6.07, 6.45) is 1.01. The molecule has 1 aliphatic rings. The summed E-state index contributed by atoms with van der Waals surface area (Å²) in [6, 6.07) is 10.5. The van der Waals surface area contributed by atoms with E-state index in [2.05, 4.69) is 50.3 Å². The van der Waals surface area contributed by atoms with Gasteiger partial charge in [-0.2, -0.15) is 5.43 Å². The van der Waals surface area contributed by atoms with Crippen molar-refractivity contribution >= 4 is 5.96 Å². The number of hydrogen-bond acceptors (Lipinski definition) is 5. The molecule has 0 saturated heterocycles. The van der Waals surface area contributed by atoms with Gasteiger partial charge in [-0.3, -0.25) is 10.7 Å². The minimum Gasteiger partial charge on any atom is -0.345 e. The van der Waals surface area contributed by atoms with Gasteiger partial charge in [0.25, 0.3) is 0 Å². The Kier molecular flexibility index (Phi) is 3.84. The van der Waals surface area contributed by atoms with Crippen LogP contribution in [0.25, 0.3) is 0 Å².